The van der Waals surface area contributed by atoms with Gasteiger partial charge < -0.3 is 10.5 Å². The molecular weight excluding hydrogens is 190 g/mol. The number of nitrogens with zero attached hydrogens (tertiary/aromatic N) is 2. The van der Waals surface area contributed by atoms with Gasteiger partial charge in [-0.3, -0.25) is 4.98 Å². The summed E-state index contributed by atoms with van der Waals surface area (Å²) in [6, 6.07) is 3.66. The fourth-order valence-electron chi connectivity index (χ4n) is 0.932. The molecule has 0 fully saturated rings. The molecule has 15 heavy (non-hydrogen) atoms. The topological polar surface area (TPSA) is 71.9 Å². The molecule has 4 heteroatoms. The van der Waals surface area contributed by atoms with Gasteiger partial charge in [-0.15, -0.1) is 0 Å². The maximum atomic E-state index is 8.82. The van der Waals surface area contributed by atoms with E-state index < -0.39 is 0 Å². The highest BCUT2D eigenvalue weighted by molar-refractivity contribution is 5.40. The van der Waals surface area contributed by atoms with Crippen LogP contribution in [-0.4, -0.2) is 17.1 Å². The van der Waals surface area contributed by atoms with Crippen molar-refractivity contribution in [3.05, 3.63) is 24.0 Å². The largest absolute Gasteiger partial charge is 0.489 e. The molecular formula is C11H15N3O. The summed E-state index contributed by atoms with van der Waals surface area (Å²) >= 11 is 0. The van der Waals surface area contributed by atoms with Crippen LogP contribution in [0, 0.1) is 11.3 Å². The quantitative estimate of drug-likeness (QED) is 0.807. The van der Waals surface area contributed by atoms with Crippen LogP contribution in [0.3, 0.4) is 0 Å². The minimum atomic E-state index is -0.372. The third-order valence-corrected chi connectivity index (χ3v) is 2.27. The van der Waals surface area contributed by atoms with E-state index in [1.807, 2.05) is 19.9 Å². The smallest absolute Gasteiger partial charge is 0.155 e. The zero-order chi connectivity index (χ0) is 11.3. The predicted molar refractivity (Wildman–Crippen MR) is 57.3 cm³/mol. The van der Waals surface area contributed by atoms with E-state index in [9.17, 15) is 0 Å². The lowest BCUT2D eigenvalue weighted by Crippen LogP contribution is -2.41. The third-order valence-electron chi connectivity index (χ3n) is 2.27. The van der Waals surface area contributed by atoms with Crippen LogP contribution in [0.5, 0.6) is 5.75 Å². The molecule has 1 rings (SSSR count). The van der Waals surface area contributed by atoms with Gasteiger partial charge in [0, 0.05) is 11.7 Å². The SMILES string of the molecule is CCC(C)(N)COc1cnccc1C#N. The number of nitrogens with two attached hydrogens (primary N) is 1. The monoisotopic (exact) mass is 205 g/mol. The molecule has 0 saturated heterocycles. The van der Waals surface area contributed by atoms with Gasteiger partial charge in [-0.05, 0) is 19.4 Å². The van der Waals surface area contributed by atoms with E-state index in [1.165, 1.54) is 6.20 Å². The van der Waals surface area contributed by atoms with Crippen molar-refractivity contribution in [3.8, 4) is 11.8 Å². The van der Waals surface area contributed by atoms with Crippen molar-refractivity contribution in [3.63, 3.8) is 0 Å². The first-order chi connectivity index (χ1) is 7.09. The number of aromatic nitrogens is 1. The molecule has 0 aromatic carbocycles. The number of ether oxygens (including phenoxy) is 1. The highest BCUT2D eigenvalue weighted by Crippen LogP contribution is 2.17. The molecule has 0 amide bonds. The standard InChI is InChI=1S/C11H15N3O/c1-3-11(2,13)8-15-10-7-14-5-4-9(10)6-12/h4-5,7H,3,8,13H2,1-2H3. The average molecular weight is 205 g/mol. The molecule has 1 unspecified atom stereocenters. The van der Waals surface area contributed by atoms with Gasteiger partial charge in [-0.2, -0.15) is 5.26 Å². The molecule has 0 bridgehead atoms. The van der Waals surface area contributed by atoms with Crippen molar-refractivity contribution in [1.29, 1.82) is 5.26 Å². The van der Waals surface area contributed by atoms with Gasteiger partial charge in [0.05, 0.1) is 11.8 Å². The molecule has 0 spiro atoms. The molecule has 0 aliphatic carbocycles. The average Bonchev–Trinajstić information content (AvgIpc) is 2.27. The Morgan fingerprint density at radius 2 is 2.40 bits per heavy atom. The van der Waals surface area contributed by atoms with E-state index in [-0.39, 0.29) is 5.54 Å². The van der Waals surface area contributed by atoms with Crippen molar-refractivity contribution < 1.29 is 4.74 Å². The molecule has 1 heterocycles. The molecule has 0 saturated carbocycles. The first-order valence-electron chi connectivity index (χ1n) is 4.85. The predicted octanol–water partition coefficient (Wildman–Crippen LogP) is 1.46. The van der Waals surface area contributed by atoms with E-state index in [1.54, 1.807) is 12.3 Å². The number of pyridine rings is 1. The Balaban J connectivity index is 2.70. The van der Waals surface area contributed by atoms with Crippen LogP contribution in [0.25, 0.3) is 0 Å². The van der Waals surface area contributed by atoms with Crippen molar-refractivity contribution in [2.75, 3.05) is 6.61 Å². The van der Waals surface area contributed by atoms with Gasteiger partial charge in [0.1, 0.15) is 12.7 Å². The summed E-state index contributed by atoms with van der Waals surface area (Å²) in [6.45, 7) is 4.29. The van der Waals surface area contributed by atoms with Crippen molar-refractivity contribution in [2.24, 2.45) is 5.73 Å². The molecule has 0 radical (unpaired) electrons. The molecule has 1 aromatic rings. The summed E-state index contributed by atoms with van der Waals surface area (Å²) in [5, 5.41) is 8.82. The first kappa shape index (κ1) is 11.5. The minimum absolute atomic E-state index is 0.372. The molecule has 0 aliphatic heterocycles. The lowest BCUT2D eigenvalue weighted by Gasteiger charge is -2.22. The Morgan fingerprint density at radius 1 is 1.67 bits per heavy atom. The molecule has 80 valence electrons. The van der Waals surface area contributed by atoms with Gasteiger partial charge in [-0.1, -0.05) is 6.92 Å². The Morgan fingerprint density at radius 3 is 3.00 bits per heavy atom. The van der Waals surface area contributed by atoms with E-state index >= 15 is 0 Å². The molecule has 0 aliphatic rings. The second-order valence-electron chi connectivity index (χ2n) is 3.78. The molecule has 2 N–H and O–H groups in total. The summed E-state index contributed by atoms with van der Waals surface area (Å²) in [6.07, 6.45) is 3.91. The Hall–Kier alpha value is -1.60. The van der Waals surface area contributed by atoms with E-state index in [4.69, 9.17) is 15.7 Å². The fourth-order valence-corrected chi connectivity index (χ4v) is 0.932. The maximum Gasteiger partial charge on any atom is 0.155 e. The van der Waals surface area contributed by atoms with E-state index in [0.29, 0.717) is 17.9 Å². The van der Waals surface area contributed by atoms with Gasteiger partial charge in [-0.25, -0.2) is 0 Å². The number of nitriles is 1. The van der Waals surface area contributed by atoms with Crippen LogP contribution in [0.2, 0.25) is 0 Å². The summed E-state index contributed by atoms with van der Waals surface area (Å²) < 4.78 is 5.47. The summed E-state index contributed by atoms with van der Waals surface area (Å²) in [5.41, 5.74) is 6.04. The van der Waals surface area contributed by atoms with Crippen LogP contribution in [0.15, 0.2) is 18.5 Å². The van der Waals surface area contributed by atoms with Gasteiger partial charge in [0.15, 0.2) is 5.75 Å². The Bertz CT molecular complexity index is 368. The lowest BCUT2D eigenvalue weighted by atomic mass is 10.0. The van der Waals surface area contributed by atoms with Crippen LogP contribution in [0.1, 0.15) is 25.8 Å². The van der Waals surface area contributed by atoms with Crippen molar-refractivity contribution in [2.45, 2.75) is 25.8 Å². The second kappa shape index (κ2) is 4.76. The minimum Gasteiger partial charge on any atom is -0.489 e. The van der Waals surface area contributed by atoms with Crippen molar-refractivity contribution >= 4 is 0 Å². The molecule has 1 aromatic heterocycles. The van der Waals surface area contributed by atoms with E-state index in [0.717, 1.165) is 6.42 Å². The first-order valence-corrected chi connectivity index (χ1v) is 4.85. The van der Waals surface area contributed by atoms with Crippen LogP contribution >= 0.6 is 0 Å². The summed E-state index contributed by atoms with van der Waals surface area (Å²) in [5.74, 6) is 0.491. The van der Waals surface area contributed by atoms with Crippen LogP contribution < -0.4 is 10.5 Å². The van der Waals surface area contributed by atoms with Gasteiger partial charge in [0.2, 0.25) is 0 Å². The molecule has 1 atom stereocenters. The second-order valence-corrected chi connectivity index (χ2v) is 3.78. The summed E-state index contributed by atoms with van der Waals surface area (Å²) in [4.78, 5) is 3.90. The number of hydrogen-bond acceptors (Lipinski definition) is 4. The highest BCUT2D eigenvalue weighted by Gasteiger charge is 2.17. The maximum absolute atomic E-state index is 8.82. The molecule has 4 nitrogen and oxygen atoms in total. The van der Waals surface area contributed by atoms with Crippen LogP contribution in [-0.2, 0) is 0 Å². The van der Waals surface area contributed by atoms with Gasteiger partial charge in [0.25, 0.3) is 0 Å². The normalized spacial score (nSPS) is 14.0. The zero-order valence-corrected chi connectivity index (χ0v) is 9.03. The Kier molecular flexibility index (Phi) is 3.64. The van der Waals surface area contributed by atoms with Crippen LogP contribution in [0.4, 0.5) is 0 Å². The van der Waals surface area contributed by atoms with Crippen molar-refractivity contribution in [1.82, 2.24) is 4.98 Å². The van der Waals surface area contributed by atoms with Gasteiger partial charge >= 0.3 is 0 Å². The Labute approximate surface area is 89.7 Å². The third kappa shape index (κ3) is 3.22. The fraction of sp³-hybridized carbons (Fsp3) is 0.455. The summed E-state index contributed by atoms with van der Waals surface area (Å²) in [7, 11) is 0. The number of rotatable bonds is 4. The zero-order valence-electron chi connectivity index (χ0n) is 9.03. The lowest BCUT2D eigenvalue weighted by molar-refractivity contribution is 0.225. The number of hydrogen-bond donors (Lipinski definition) is 1. The van der Waals surface area contributed by atoms with E-state index in [2.05, 4.69) is 4.98 Å². The highest BCUT2D eigenvalue weighted by atomic mass is 16.5.